The van der Waals surface area contributed by atoms with Crippen LogP contribution in [0, 0.1) is 5.41 Å². The van der Waals surface area contributed by atoms with Crippen LogP contribution in [0.25, 0.3) is 0 Å². The first kappa shape index (κ1) is 23.4. The van der Waals surface area contributed by atoms with Gasteiger partial charge in [-0.3, -0.25) is 4.79 Å². The topological polar surface area (TPSA) is 57.5 Å². The first-order valence-electron chi connectivity index (χ1n) is 9.43. The van der Waals surface area contributed by atoms with E-state index in [1.165, 1.54) is 0 Å². The quantitative estimate of drug-likeness (QED) is 0.236. The fourth-order valence-corrected chi connectivity index (χ4v) is 2.30. The normalized spacial score (nSPS) is 14.4. The number of carboxylic acids is 1. The Hall–Kier alpha value is -1.61. The highest BCUT2D eigenvalue weighted by molar-refractivity contribution is 5.66. The molecule has 0 aromatic rings. The van der Waals surface area contributed by atoms with Gasteiger partial charge in [-0.15, -0.1) is 0 Å². The molecule has 2 N–H and O–H groups in total. The van der Waals surface area contributed by atoms with Gasteiger partial charge in [-0.1, -0.05) is 82.2 Å². The molecule has 0 aromatic heterocycles. The van der Waals surface area contributed by atoms with Crippen molar-refractivity contribution in [2.45, 2.75) is 78.2 Å². The van der Waals surface area contributed by atoms with Gasteiger partial charge >= 0.3 is 5.97 Å². The fourth-order valence-electron chi connectivity index (χ4n) is 2.30. The van der Waals surface area contributed by atoms with Crippen LogP contribution in [0.4, 0.5) is 0 Å². The standard InChI is InChI=1S/C22H36O3/c1-4-5-19-22(2,3)20(23)17-15-13-11-9-7-6-8-10-12-14-16-18-21(24)25/h6-7,10-13,15,17,20,23H,4-5,8-9,14,16,18-19H2,1-3H3,(H,24,25)/b7-6+,12-10+,13-11+,17-15+. The summed E-state index contributed by atoms with van der Waals surface area (Å²) in [5.74, 6) is -0.730. The summed E-state index contributed by atoms with van der Waals surface area (Å²) < 4.78 is 0. The van der Waals surface area contributed by atoms with Gasteiger partial charge in [0.1, 0.15) is 0 Å². The average Bonchev–Trinajstić information content (AvgIpc) is 2.56. The molecule has 0 amide bonds. The van der Waals surface area contributed by atoms with Crippen LogP contribution in [0.15, 0.2) is 48.6 Å². The number of carboxylic acid groups (broad SMARTS) is 1. The van der Waals surface area contributed by atoms with Crippen molar-refractivity contribution < 1.29 is 15.0 Å². The molecule has 0 spiro atoms. The summed E-state index contributed by atoms with van der Waals surface area (Å²) in [6.45, 7) is 6.39. The van der Waals surface area contributed by atoms with Crippen LogP contribution in [0.5, 0.6) is 0 Å². The highest BCUT2D eigenvalue weighted by atomic mass is 16.4. The second kappa shape index (κ2) is 14.7. The summed E-state index contributed by atoms with van der Waals surface area (Å²) in [5.41, 5.74) is -0.0724. The summed E-state index contributed by atoms with van der Waals surface area (Å²) in [5, 5.41) is 18.7. The maximum atomic E-state index is 10.3. The Kier molecular flexibility index (Phi) is 13.8. The maximum absolute atomic E-state index is 10.3. The summed E-state index contributed by atoms with van der Waals surface area (Å²) in [6, 6.07) is 0. The zero-order valence-corrected chi connectivity index (χ0v) is 16.2. The lowest BCUT2D eigenvalue weighted by Gasteiger charge is -2.28. The van der Waals surface area contributed by atoms with Crippen molar-refractivity contribution in [3.8, 4) is 0 Å². The van der Waals surface area contributed by atoms with E-state index in [-0.39, 0.29) is 11.8 Å². The van der Waals surface area contributed by atoms with E-state index in [0.29, 0.717) is 6.42 Å². The van der Waals surface area contributed by atoms with E-state index in [2.05, 4.69) is 45.1 Å². The molecular weight excluding hydrogens is 312 g/mol. The summed E-state index contributed by atoms with van der Waals surface area (Å²) >= 11 is 0. The molecule has 0 radical (unpaired) electrons. The maximum Gasteiger partial charge on any atom is 0.303 e. The van der Waals surface area contributed by atoms with Crippen molar-refractivity contribution in [3.63, 3.8) is 0 Å². The van der Waals surface area contributed by atoms with Crippen LogP contribution < -0.4 is 0 Å². The van der Waals surface area contributed by atoms with Crippen LogP contribution in [0.3, 0.4) is 0 Å². The molecule has 3 heteroatoms. The Bertz CT molecular complexity index is 456. The predicted molar refractivity (Wildman–Crippen MR) is 107 cm³/mol. The number of aliphatic hydroxyl groups is 1. The second-order valence-corrected chi connectivity index (χ2v) is 7.05. The van der Waals surface area contributed by atoms with Crippen molar-refractivity contribution >= 4 is 5.97 Å². The first-order chi connectivity index (χ1) is 11.9. The zero-order chi connectivity index (χ0) is 19.0. The molecule has 0 aliphatic rings. The monoisotopic (exact) mass is 348 g/mol. The molecular formula is C22H36O3. The third-order valence-electron chi connectivity index (χ3n) is 4.16. The van der Waals surface area contributed by atoms with Gasteiger partial charge < -0.3 is 10.2 Å². The van der Waals surface area contributed by atoms with Crippen LogP contribution in [0.2, 0.25) is 0 Å². The SMILES string of the molecule is CCCCC(C)(C)C(O)/C=C/C=C/C/C=C/C/C=C/CCCC(=O)O. The molecule has 0 aliphatic heterocycles. The molecule has 1 atom stereocenters. The lowest BCUT2D eigenvalue weighted by Crippen LogP contribution is -2.27. The number of hydrogen-bond donors (Lipinski definition) is 2. The van der Waals surface area contributed by atoms with E-state index in [1.54, 1.807) is 0 Å². The van der Waals surface area contributed by atoms with E-state index in [9.17, 15) is 9.90 Å². The molecule has 0 aromatic carbocycles. The largest absolute Gasteiger partial charge is 0.481 e. The molecule has 0 saturated heterocycles. The van der Waals surface area contributed by atoms with E-state index < -0.39 is 12.1 Å². The van der Waals surface area contributed by atoms with Gasteiger partial charge in [0.05, 0.1) is 6.10 Å². The minimum atomic E-state index is -0.730. The van der Waals surface area contributed by atoms with E-state index >= 15 is 0 Å². The van der Waals surface area contributed by atoms with Crippen molar-refractivity contribution in [2.24, 2.45) is 5.41 Å². The Balaban J connectivity index is 3.86. The number of unbranched alkanes of at least 4 members (excludes halogenated alkanes) is 2. The Morgan fingerprint density at radius 3 is 2.28 bits per heavy atom. The molecule has 142 valence electrons. The lowest BCUT2D eigenvalue weighted by molar-refractivity contribution is -0.137. The van der Waals surface area contributed by atoms with Crippen molar-refractivity contribution in [1.82, 2.24) is 0 Å². The summed E-state index contributed by atoms with van der Waals surface area (Å²) in [7, 11) is 0. The van der Waals surface area contributed by atoms with Gasteiger partial charge in [-0.25, -0.2) is 0 Å². The third-order valence-corrected chi connectivity index (χ3v) is 4.16. The van der Waals surface area contributed by atoms with Gasteiger partial charge in [0, 0.05) is 6.42 Å². The number of allylic oxidation sites excluding steroid dienone is 7. The smallest absolute Gasteiger partial charge is 0.303 e. The van der Waals surface area contributed by atoms with Gasteiger partial charge in [-0.05, 0) is 37.5 Å². The molecule has 0 heterocycles. The molecule has 0 rings (SSSR count). The highest BCUT2D eigenvalue weighted by Crippen LogP contribution is 2.28. The van der Waals surface area contributed by atoms with Crippen molar-refractivity contribution in [2.75, 3.05) is 0 Å². The van der Waals surface area contributed by atoms with E-state index in [1.807, 2.05) is 24.3 Å². The van der Waals surface area contributed by atoms with E-state index in [4.69, 9.17) is 5.11 Å². The fraction of sp³-hybridized carbons (Fsp3) is 0.591. The summed E-state index contributed by atoms with van der Waals surface area (Å²) in [6.07, 6.45) is 22.6. The average molecular weight is 349 g/mol. The third kappa shape index (κ3) is 14.4. The summed E-state index contributed by atoms with van der Waals surface area (Å²) in [4.78, 5) is 10.3. The van der Waals surface area contributed by atoms with E-state index in [0.717, 1.165) is 38.5 Å². The second-order valence-electron chi connectivity index (χ2n) is 7.05. The Morgan fingerprint density at radius 2 is 1.64 bits per heavy atom. The number of carbonyl (C=O) groups is 1. The Morgan fingerprint density at radius 1 is 1.00 bits per heavy atom. The lowest BCUT2D eigenvalue weighted by atomic mass is 9.81. The number of hydrogen-bond acceptors (Lipinski definition) is 2. The molecule has 0 bridgehead atoms. The number of aliphatic hydroxyl groups excluding tert-OH is 1. The van der Waals surface area contributed by atoms with Crippen LogP contribution >= 0.6 is 0 Å². The van der Waals surface area contributed by atoms with Gasteiger partial charge in [-0.2, -0.15) is 0 Å². The van der Waals surface area contributed by atoms with Crippen molar-refractivity contribution in [3.05, 3.63) is 48.6 Å². The molecule has 1 unspecified atom stereocenters. The van der Waals surface area contributed by atoms with Crippen molar-refractivity contribution in [1.29, 1.82) is 0 Å². The van der Waals surface area contributed by atoms with Crippen LogP contribution in [-0.4, -0.2) is 22.3 Å². The minimum absolute atomic E-state index is 0.0724. The molecule has 0 saturated carbocycles. The predicted octanol–water partition coefficient (Wildman–Crippen LogP) is 5.82. The molecule has 3 nitrogen and oxygen atoms in total. The van der Waals surface area contributed by atoms with Gasteiger partial charge in [0.25, 0.3) is 0 Å². The Labute approximate surface area is 153 Å². The number of aliphatic carboxylic acids is 1. The van der Waals surface area contributed by atoms with Gasteiger partial charge in [0.2, 0.25) is 0 Å². The van der Waals surface area contributed by atoms with Crippen LogP contribution in [0.1, 0.15) is 72.1 Å². The zero-order valence-electron chi connectivity index (χ0n) is 16.2. The minimum Gasteiger partial charge on any atom is -0.481 e. The molecule has 0 fully saturated rings. The molecule has 25 heavy (non-hydrogen) atoms. The molecule has 0 aliphatic carbocycles. The van der Waals surface area contributed by atoms with Gasteiger partial charge in [0.15, 0.2) is 0 Å². The number of rotatable bonds is 14. The highest BCUT2D eigenvalue weighted by Gasteiger charge is 2.24. The first-order valence-corrected chi connectivity index (χ1v) is 9.43. The van der Waals surface area contributed by atoms with Crippen LogP contribution in [-0.2, 0) is 4.79 Å².